The highest BCUT2D eigenvalue weighted by Crippen LogP contribution is 2.17. The van der Waals surface area contributed by atoms with E-state index in [0.29, 0.717) is 0 Å². The average molecular weight is 229 g/mol. The van der Waals surface area contributed by atoms with Crippen molar-refractivity contribution in [2.24, 2.45) is 0 Å². The first-order valence-electron chi connectivity index (χ1n) is 5.53. The third-order valence-electron chi connectivity index (χ3n) is 2.81. The minimum Gasteiger partial charge on any atom is -0.392 e. The van der Waals surface area contributed by atoms with Crippen LogP contribution in [0.15, 0.2) is 41.2 Å². The van der Waals surface area contributed by atoms with E-state index in [1.54, 1.807) is 12.1 Å². The average Bonchev–Trinajstić information content (AvgIpc) is 2.28. The second-order valence-corrected chi connectivity index (χ2v) is 4.10. The second-order valence-electron chi connectivity index (χ2n) is 4.10. The van der Waals surface area contributed by atoms with Gasteiger partial charge >= 0.3 is 0 Å². The zero-order valence-corrected chi connectivity index (χ0v) is 9.97. The lowest BCUT2D eigenvalue weighted by molar-refractivity contribution is 0.281. The van der Waals surface area contributed by atoms with Gasteiger partial charge in [0.05, 0.1) is 12.3 Å². The number of para-hydroxylation sites is 1. The smallest absolute Gasteiger partial charge is 0.182 e. The van der Waals surface area contributed by atoms with Crippen molar-refractivity contribution in [1.82, 2.24) is 4.57 Å². The third-order valence-corrected chi connectivity index (χ3v) is 2.81. The summed E-state index contributed by atoms with van der Waals surface area (Å²) < 4.78 is 1.98. The highest BCUT2D eigenvalue weighted by atomic mass is 16.3. The minimum absolute atomic E-state index is 0.0118. The van der Waals surface area contributed by atoms with Crippen LogP contribution in [0.5, 0.6) is 0 Å². The summed E-state index contributed by atoms with van der Waals surface area (Å²) in [7, 11) is 0. The van der Waals surface area contributed by atoms with Crippen molar-refractivity contribution in [2.45, 2.75) is 20.5 Å². The van der Waals surface area contributed by atoms with Crippen molar-refractivity contribution in [2.75, 3.05) is 0 Å². The van der Waals surface area contributed by atoms with Gasteiger partial charge in [-0.05, 0) is 19.9 Å². The normalized spacial score (nSPS) is 10.5. The number of hydrogen-bond donors (Lipinski definition) is 1. The Balaban J connectivity index is 2.72. The standard InChI is InChI=1S/C14H15NO2/c1-10-7-13(17)8-11(2)15(10)14-6-4-3-5-12(14)9-16/h3-8,16H,9H2,1-2H3. The third kappa shape index (κ3) is 2.15. The second kappa shape index (κ2) is 4.55. The highest BCUT2D eigenvalue weighted by molar-refractivity contribution is 5.43. The molecule has 3 nitrogen and oxygen atoms in total. The van der Waals surface area contributed by atoms with Gasteiger partial charge < -0.3 is 9.67 Å². The maximum Gasteiger partial charge on any atom is 0.182 e. The van der Waals surface area contributed by atoms with Crippen LogP contribution in [0.25, 0.3) is 5.69 Å². The van der Waals surface area contributed by atoms with Crippen molar-refractivity contribution < 1.29 is 5.11 Å². The molecule has 2 rings (SSSR count). The Morgan fingerprint density at radius 3 is 2.29 bits per heavy atom. The van der Waals surface area contributed by atoms with Crippen LogP contribution in [0.2, 0.25) is 0 Å². The van der Waals surface area contributed by atoms with Gasteiger partial charge in [0.1, 0.15) is 0 Å². The van der Waals surface area contributed by atoms with Gasteiger partial charge in [-0.1, -0.05) is 18.2 Å². The van der Waals surface area contributed by atoms with Crippen molar-refractivity contribution >= 4 is 0 Å². The molecule has 1 aromatic heterocycles. The number of aliphatic hydroxyl groups is 1. The topological polar surface area (TPSA) is 42.2 Å². The summed E-state index contributed by atoms with van der Waals surface area (Å²) in [5.74, 6) is 0. The van der Waals surface area contributed by atoms with Crippen molar-refractivity contribution in [3.05, 3.63) is 63.6 Å². The van der Waals surface area contributed by atoms with Crippen LogP contribution >= 0.6 is 0 Å². The number of aliphatic hydroxyl groups excluding tert-OH is 1. The Labute approximate surface area is 100.0 Å². The zero-order chi connectivity index (χ0) is 12.4. The van der Waals surface area contributed by atoms with Gasteiger partial charge in [-0.15, -0.1) is 0 Å². The summed E-state index contributed by atoms with van der Waals surface area (Å²) in [6.07, 6.45) is 0. The summed E-state index contributed by atoms with van der Waals surface area (Å²) in [6, 6.07) is 10.8. The van der Waals surface area contributed by atoms with E-state index in [0.717, 1.165) is 22.6 Å². The summed E-state index contributed by atoms with van der Waals surface area (Å²) >= 11 is 0. The summed E-state index contributed by atoms with van der Waals surface area (Å²) in [5, 5.41) is 9.34. The minimum atomic E-state index is -0.0127. The van der Waals surface area contributed by atoms with E-state index in [-0.39, 0.29) is 12.0 Å². The van der Waals surface area contributed by atoms with Gasteiger partial charge in [-0.25, -0.2) is 0 Å². The molecule has 1 N–H and O–H groups in total. The summed E-state index contributed by atoms with van der Waals surface area (Å²) in [5.41, 5.74) is 3.52. The quantitative estimate of drug-likeness (QED) is 0.855. The number of pyridine rings is 1. The van der Waals surface area contributed by atoms with Gasteiger partial charge in [0.25, 0.3) is 0 Å². The zero-order valence-electron chi connectivity index (χ0n) is 9.97. The highest BCUT2D eigenvalue weighted by Gasteiger charge is 2.07. The lowest BCUT2D eigenvalue weighted by atomic mass is 10.1. The Bertz CT molecular complexity index is 573. The molecule has 0 unspecified atom stereocenters. The van der Waals surface area contributed by atoms with Crippen molar-refractivity contribution in [1.29, 1.82) is 0 Å². The van der Waals surface area contributed by atoms with E-state index in [2.05, 4.69) is 0 Å². The van der Waals surface area contributed by atoms with E-state index in [9.17, 15) is 9.90 Å². The fourth-order valence-corrected chi connectivity index (χ4v) is 2.10. The molecular weight excluding hydrogens is 214 g/mol. The molecule has 2 aromatic rings. The predicted molar refractivity (Wildman–Crippen MR) is 67.4 cm³/mol. The van der Waals surface area contributed by atoms with E-state index in [4.69, 9.17) is 0 Å². The van der Waals surface area contributed by atoms with E-state index >= 15 is 0 Å². The molecule has 0 aliphatic heterocycles. The van der Waals surface area contributed by atoms with Gasteiger partial charge in [0.15, 0.2) is 5.43 Å². The lowest BCUT2D eigenvalue weighted by Crippen LogP contribution is -2.12. The first-order chi connectivity index (χ1) is 8.13. The largest absolute Gasteiger partial charge is 0.392 e. The number of aryl methyl sites for hydroxylation is 2. The van der Waals surface area contributed by atoms with Crippen LogP contribution in [0.4, 0.5) is 0 Å². The Morgan fingerprint density at radius 2 is 1.71 bits per heavy atom. The van der Waals surface area contributed by atoms with Crippen LogP contribution < -0.4 is 5.43 Å². The summed E-state index contributed by atoms with van der Waals surface area (Å²) in [4.78, 5) is 11.4. The number of hydrogen-bond acceptors (Lipinski definition) is 2. The maximum absolute atomic E-state index is 11.4. The molecule has 1 aromatic carbocycles. The van der Waals surface area contributed by atoms with Crippen molar-refractivity contribution in [3.63, 3.8) is 0 Å². The van der Waals surface area contributed by atoms with E-state index in [1.807, 2.05) is 42.7 Å². The molecule has 0 spiro atoms. The van der Waals surface area contributed by atoms with Gasteiger partial charge in [-0.3, -0.25) is 4.79 Å². The first-order valence-corrected chi connectivity index (χ1v) is 5.53. The molecule has 0 fully saturated rings. The molecule has 0 bridgehead atoms. The Morgan fingerprint density at radius 1 is 1.12 bits per heavy atom. The molecular formula is C14H15NO2. The molecule has 0 atom stereocenters. The first kappa shape index (κ1) is 11.6. The molecule has 0 aliphatic carbocycles. The molecule has 0 amide bonds. The molecule has 0 saturated heterocycles. The fourth-order valence-electron chi connectivity index (χ4n) is 2.10. The molecule has 88 valence electrons. The lowest BCUT2D eigenvalue weighted by Gasteiger charge is -2.17. The Hall–Kier alpha value is -1.87. The molecule has 0 saturated carbocycles. The SMILES string of the molecule is Cc1cc(=O)cc(C)n1-c1ccccc1CO. The number of rotatable bonds is 2. The maximum atomic E-state index is 11.4. The van der Waals surface area contributed by atoms with Gasteiger partial charge in [0.2, 0.25) is 0 Å². The van der Waals surface area contributed by atoms with Crippen LogP contribution in [0, 0.1) is 13.8 Å². The van der Waals surface area contributed by atoms with Crippen LogP contribution in [0.1, 0.15) is 17.0 Å². The van der Waals surface area contributed by atoms with Crippen LogP contribution in [0.3, 0.4) is 0 Å². The number of benzene rings is 1. The van der Waals surface area contributed by atoms with Crippen molar-refractivity contribution in [3.8, 4) is 5.69 Å². The molecule has 0 radical (unpaired) electrons. The van der Waals surface area contributed by atoms with Gasteiger partial charge in [0, 0.05) is 29.1 Å². The number of aromatic nitrogens is 1. The molecule has 1 heterocycles. The van der Waals surface area contributed by atoms with Crippen LogP contribution in [-0.2, 0) is 6.61 Å². The molecule has 0 aliphatic rings. The monoisotopic (exact) mass is 229 g/mol. The predicted octanol–water partition coefficient (Wildman–Crippen LogP) is 1.95. The summed E-state index contributed by atoms with van der Waals surface area (Å²) in [6.45, 7) is 3.77. The molecule has 17 heavy (non-hydrogen) atoms. The fraction of sp³-hybridized carbons (Fsp3) is 0.214. The number of nitrogens with zero attached hydrogens (tertiary/aromatic N) is 1. The van der Waals surface area contributed by atoms with E-state index in [1.165, 1.54) is 0 Å². The van der Waals surface area contributed by atoms with Crippen LogP contribution in [-0.4, -0.2) is 9.67 Å². The van der Waals surface area contributed by atoms with Gasteiger partial charge in [-0.2, -0.15) is 0 Å². The molecule has 3 heteroatoms. The Kier molecular flexibility index (Phi) is 3.11. The van der Waals surface area contributed by atoms with E-state index < -0.39 is 0 Å².